The Morgan fingerprint density at radius 1 is 1.32 bits per heavy atom. The summed E-state index contributed by atoms with van der Waals surface area (Å²) in [5, 5.41) is 16.5. The lowest BCUT2D eigenvalue weighted by molar-refractivity contribution is -0.126. The first kappa shape index (κ1) is 25.4. The van der Waals surface area contributed by atoms with Crippen molar-refractivity contribution in [3.63, 3.8) is 0 Å². The van der Waals surface area contributed by atoms with Crippen molar-refractivity contribution in [3.05, 3.63) is 28.9 Å². The van der Waals surface area contributed by atoms with Crippen LogP contribution in [0.3, 0.4) is 0 Å². The van der Waals surface area contributed by atoms with E-state index in [0.717, 1.165) is 32.1 Å². The lowest BCUT2D eigenvalue weighted by Crippen LogP contribution is -2.49. The van der Waals surface area contributed by atoms with E-state index >= 15 is 0 Å². The number of hydrogen-bond donors (Lipinski definition) is 3. The first-order chi connectivity index (χ1) is 17.8. The summed E-state index contributed by atoms with van der Waals surface area (Å²) < 4.78 is 5.44. The van der Waals surface area contributed by atoms with E-state index in [9.17, 15) is 19.6 Å². The molecule has 196 valence electrons. The number of likely N-dealkylation sites (tertiary alicyclic amines) is 1. The van der Waals surface area contributed by atoms with Gasteiger partial charge in [-0.2, -0.15) is 5.26 Å². The third kappa shape index (κ3) is 4.87. The molecule has 1 aliphatic carbocycles. The average molecular weight is 526 g/mol. The molecule has 0 bridgehead atoms. The highest BCUT2D eigenvalue weighted by atomic mass is 35.5. The van der Waals surface area contributed by atoms with E-state index < -0.39 is 12.1 Å². The van der Waals surface area contributed by atoms with Crippen molar-refractivity contribution in [3.8, 4) is 11.8 Å². The number of nitrogens with zero attached hydrogens (tertiary/aromatic N) is 2. The highest BCUT2D eigenvalue weighted by Crippen LogP contribution is 2.47. The molecular formula is C27H32ClN5O4. The van der Waals surface area contributed by atoms with Gasteiger partial charge in [0.1, 0.15) is 23.5 Å². The molecule has 3 atom stereocenters. The maximum atomic E-state index is 13.9. The lowest BCUT2D eigenvalue weighted by atomic mass is 9.72. The number of aromatic amines is 1. The molecule has 2 saturated heterocycles. The zero-order chi connectivity index (χ0) is 26.2. The van der Waals surface area contributed by atoms with Gasteiger partial charge in [0, 0.05) is 24.4 Å². The molecule has 1 aromatic heterocycles. The standard InChI is InChI=1S/C27H32ClN5O4/c1-37-22-6-5-19(28)23-18(22)12-20(32-23)26(36)33-15-27(8-3-2-4-9-27)13-21(33)25(35)31-17(14-29)11-16-7-10-30-24(16)34/h5-6,12,16-17,21,32H,2-4,7-11,13,15H2,1H3,(H,30,34)(H,31,35)/t16-,17-,21-/m0/s1. The summed E-state index contributed by atoms with van der Waals surface area (Å²) in [6.07, 6.45) is 6.73. The number of carbonyl (C=O) groups excluding carboxylic acids is 3. The second kappa shape index (κ2) is 10.3. The van der Waals surface area contributed by atoms with Gasteiger partial charge >= 0.3 is 0 Å². The number of benzene rings is 1. The number of methoxy groups -OCH3 is 1. The van der Waals surface area contributed by atoms with Crippen molar-refractivity contribution in [1.29, 1.82) is 5.26 Å². The minimum absolute atomic E-state index is 0.0822. The van der Waals surface area contributed by atoms with Gasteiger partial charge in [0.25, 0.3) is 5.91 Å². The molecule has 1 spiro atoms. The van der Waals surface area contributed by atoms with Crippen LogP contribution in [0.4, 0.5) is 0 Å². The smallest absolute Gasteiger partial charge is 0.271 e. The number of H-pyrrole nitrogens is 1. The second-order valence-electron chi connectivity index (χ2n) is 10.6. The number of nitriles is 1. The van der Waals surface area contributed by atoms with E-state index in [0.29, 0.717) is 53.3 Å². The van der Waals surface area contributed by atoms with Crippen LogP contribution in [0.25, 0.3) is 10.9 Å². The molecule has 1 saturated carbocycles. The van der Waals surface area contributed by atoms with Crippen molar-refractivity contribution in [2.75, 3.05) is 20.2 Å². The van der Waals surface area contributed by atoms with Crippen LogP contribution in [0.2, 0.25) is 5.02 Å². The van der Waals surface area contributed by atoms with E-state index in [4.69, 9.17) is 16.3 Å². The van der Waals surface area contributed by atoms with Crippen LogP contribution in [-0.2, 0) is 9.59 Å². The fraction of sp³-hybridized carbons (Fsp3) is 0.556. The van der Waals surface area contributed by atoms with E-state index in [-0.39, 0.29) is 35.5 Å². The Balaban J connectivity index is 1.41. The molecular weight excluding hydrogens is 494 g/mol. The van der Waals surface area contributed by atoms with Crippen molar-refractivity contribution < 1.29 is 19.1 Å². The molecule has 10 heteroatoms. The molecule has 37 heavy (non-hydrogen) atoms. The van der Waals surface area contributed by atoms with Gasteiger partial charge in [-0.3, -0.25) is 14.4 Å². The number of hydrogen-bond acceptors (Lipinski definition) is 5. The lowest BCUT2D eigenvalue weighted by Gasteiger charge is -2.32. The number of amides is 3. The van der Waals surface area contributed by atoms with Crippen LogP contribution in [0.5, 0.6) is 5.75 Å². The Labute approximate surface area is 220 Å². The molecule has 3 fully saturated rings. The quantitative estimate of drug-likeness (QED) is 0.531. The second-order valence-corrected chi connectivity index (χ2v) is 11.0. The van der Waals surface area contributed by atoms with E-state index in [1.165, 1.54) is 0 Å². The van der Waals surface area contributed by atoms with Crippen molar-refractivity contribution in [1.82, 2.24) is 20.5 Å². The summed E-state index contributed by atoms with van der Waals surface area (Å²) in [6, 6.07) is 5.84. The highest BCUT2D eigenvalue weighted by molar-refractivity contribution is 6.35. The maximum absolute atomic E-state index is 13.9. The molecule has 3 amide bonds. The van der Waals surface area contributed by atoms with Crippen molar-refractivity contribution in [2.45, 2.75) is 63.5 Å². The third-order valence-electron chi connectivity index (χ3n) is 8.29. The zero-order valence-corrected chi connectivity index (χ0v) is 21.7. The molecule has 2 aromatic rings. The van der Waals surface area contributed by atoms with Crippen LogP contribution in [0.15, 0.2) is 18.2 Å². The molecule has 0 radical (unpaired) electrons. The third-order valence-corrected chi connectivity index (χ3v) is 8.61. The van der Waals surface area contributed by atoms with Gasteiger partial charge in [0.15, 0.2) is 0 Å². The molecule has 5 rings (SSSR count). The molecule has 3 heterocycles. The Bertz CT molecular complexity index is 1260. The van der Waals surface area contributed by atoms with Crippen molar-refractivity contribution in [2.24, 2.45) is 11.3 Å². The van der Waals surface area contributed by atoms with Gasteiger partial charge in [0.2, 0.25) is 11.8 Å². The largest absolute Gasteiger partial charge is 0.496 e. The summed E-state index contributed by atoms with van der Waals surface area (Å²) >= 11 is 6.38. The van der Waals surface area contributed by atoms with Crippen LogP contribution >= 0.6 is 11.6 Å². The number of fused-ring (bicyclic) bond motifs is 1. The fourth-order valence-corrected chi connectivity index (χ4v) is 6.55. The van der Waals surface area contributed by atoms with Crippen LogP contribution in [-0.4, -0.2) is 59.9 Å². The van der Waals surface area contributed by atoms with Crippen molar-refractivity contribution >= 4 is 40.2 Å². The van der Waals surface area contributed by atoms with Gasteiger partial charge in [0.05, 0.1) is 23.7 Å². The van der Waals surface area contributed by atoms with E-state index in [1.54, 1.807) is 30.2 Å². The summed E-state index contributed by atoms with van der Waals surface area (Å²) in [6.45, 7) is 1.08. The number of ether oxygens (including phenoxy) is 1. The zero-order valence-electron chi connectivity index (χ0n) is 20.9. The van der Waals surface area contributed by atoms with Crippen LogP contribution in [0, 0.1) is 22.7 Å². The maximum Gasteiger partial charge on any atom is 0.271 e. The highest BCUT2D eigenvalue weighted by Gasteiger charge is 2.49. The Hall–Kier alpha value is -3.25. The minimum atomic E-state index is -0.794. The molecule has 1 aromatic carbocycles. The Morgan fingerprint density at radius 3 is 2.78 bits per heavy atom. The first-order valence-corrected chi connectivity index (χ1v) is 13.4. The van der Waals surface area contributed by atoms with Gasteiger partial charge in [-0.15, -0.1) is 0 Å². The summed E-state index contributed by atoms with van der Waals surface area (Å²) in [5.41, 5.74) is 0.841. The van der Waals surface area contributed by atoms with Crippen LogP contribution < -0.4 is 15.4 Å². The Kier molecular flexibility index (Phi) is 7.04. The average Bonchev–Trinajstić information content (AvgIpc) is 3.62. The fourth-order valence-electron chi connectivity index (χ4n) is 6.34. The molecule has 3 N–H and O–H groups in total. The number of aromatic nitrogens is 1. The normalized spacial score (nSPS) is 23.6. The monoisotopic (exact) mass is 525 g/mol. The molecule has 9 nitrogen and oxygen atoms in total. The van der Waals surface area contributed by atoms with Crippen LogP contribution in [0.1, 0.15) is 61.9 Å². The SMILES string of the molecule is COc1ccc(Cl)c2[nH]c(C(=O)N3CC4(CCCCC4)C[C@H]3C(=O)N[C@H](C#N)C[C@@H]3CCNC3=O)cc12. The number of carbonyl (C=O) groups is 3. The molecule has 0 unspecified atom stereocenters. The number of nitrogens with one attached hydrogen (secondary N) is 3. The Morgan fingerprint density at radius 2 is 2.11 bits per heavy atom. The molecule has 2 aliphatic heterocycles. The van der Waals surface area contributed by atoms with E-state index in [1.807, 2.05) is 0 Å². The van der Waals surface area contributed by atoms with Gasteiger partial charge in [-0.1, -0.05) is 30.9 Å². The predicted molar refractivity (Wildman–Crippen MR) is 138 cm³/mol. The van der Waals surface area contributed by atoms with E-state index in [2.05, 4.69) is 21.7 Å². The number of rotatable bonds is 6. The summed E-state index contributed by atoms with van der Waals surface area (Å²) in [5.74, 6) is -0.390. The topological polar surface area (TPSA) is 127 Å². The van der Waals surface area contributed by atoms with Gasteiger partial charge < -0.3 is 25.3 Å². The minimum Gasteiger partial charge on any atom is -0.496 e. The predicted octanol–water partition coefficient (Wildman–Crippen LogP) is 3.53. The van der Waals surface area contributed by atoms with Gasteiger partial charge in [-0.25, -0.2) is 0 Å². The summed E-state index contributed by atoms with van der Waals surface area (Å²) in [7, 11) is 1.56. The molecule has 3 aliphatic rings. The number of halogens is 1. The first-order valence-electron chi connectivity index (χ1n) is 13.0. The van der Waals surface area contributed by atoms with Gasteiger partial charge in [-0.05, 0) is 55.7 Å². The summed E-state index contributed by atoms with van der Waals surface area (Å²) in [4.78, 5) is 44.2.